The molecule has 0 radical (unpaired) electrons. The maximum absolute atomic E-state index is 13.3. The number of aliphatic hydroxyl groups excluding tert-OH is 1. The second-order valence-corrected chi connectivity index (χ2v) is 11.9. The standard InChI is InChI=1S/C27H40BNO5/c1-16(2)12-24(28-33-23-14-19-13-22(26(19,4)5)27(23,6)34-28)29-25(32)20(17(3)30)15-21(31)18-10-8-7-9-11-18/h7-11,16-17,19-20,22-24,30H,12-15H2,1-6H3,(H,29,32)/t17-,19-,20+,22-,23-,24+,27+/m1/s1. The van der Waals surface area contributed by atoms with Crippen LogP contribution in [0.4, 0.5) is 0 Å². The van der Waals surface area contributed by atoms with Crippen LogP contribution in [0.15, 0.2) is 30.3 Å². The Morgan fingerprint density at radius 2 is 1.82 bits per heavy atom. The van der Waals surface area contributed by atoms with Crippen LogP contribution in [0.2, 0.25) is 0 Å². The third kappa shape index (κ3) is 4.59. The van der Waals surface area contributed by atoms with Crippen molar-refractivity contribution in [1.29, 1.82) is 0 Å². The van der Waals surface area contributed by atoms with Crippen molar-refractivity contribution >= 4 is 18.8 Å². The Morgan fingerprint density at radius 1 is 1.15 bits per heavy atom. The van der Waals surface area contributed by atoms with Gasteiger partial charge in [0.2, 0.25) is 5.91 Å². The zero-order chi connectivity index (χ0) is 24.8. The first-order valence-electron chi connectivity index (χ1n) is 12.8. The molecule has 3 aliphatic carbocycles. The fourth-order valence-corrected chi connectivity index (χ4v) is 6.53. The van der Waals surface area contributed by atoms with Gasteiger partial charge in [-0.15, -0.1) is 0 Å². The molecule has 6 nitrogen and oxygen atoms in total. The second kappa shape index (κ2) is 9.40. The van der Waals surface area contributed by atoms with Crippen LogP contribution in [-0.2, 0) is 14.1 Å². The van der Waals surface area contributed by atoms with E-state index in [0.29, 0.717) is 29.7 Å². The molecular formula is C27H40BNO5. The summed E-state index contributed by atoms with van der Waals surface area (Å²) in [5.74, 6) is -0.263. The van der Waals surface area contributed by atoms with Gasteiger partial charge < -0.3 is 19.7 Å². The number of aliphatic hydroxyl groups is 1. The Bertz CT molecular complexity index is 904. The van der Waals surface area contributed by atoms with E-state index in [1.54, 1.807) is 31.2 Å². The molecule has 1 amide bonds. The molecular weight excluding hydrogens is 429 g/mol. The molecule has 34 heavy (non-hydrogen) atoms. The van der Waals surface area contributed by atoms with Gasteiger partial charge in [-0.2, -0.15) is 0 Å². The largest absolute Gasteiger partial charge is 0.481 e. The van der Waals surface area contributed by atoms with Crippen LogP contribution in [0.1, 0.15) is 77.6 Å². The van der Waals surface area contributed by atoms with Gasteiger partial charge in [-0.25, -0.2) is 0 Å². The number of Topliss-reactive ketones (excluding diaryl/α,β-unsaturated/α-hetero) is 1. The molecule has 1 saturated heterocycles. The fourth-order valence-electron chi connectivity index (χ4n) is 6.53. The van der Waals surface area contributed by atoms with Gasteiger partial charge in [0.1, 0.15) is 0 Å². The minimum atomic E-state index is -0.953. The molecule has 1 heterocycles. The highest BCUT2D eigenvalue weighted by atomic mass is 16.7. The van der Waals surface area contributed by atoms with Crippen molar-refractivity contribution in [3.63, 3.8) is 0 Å². The molecule has 0 unspecified atom stereocenters. The SMILES string of the molecule is CC(C)C[C@H](NC(=O)[C@@H](CC(=O)c1ccccc1)[C@@H](C)O)B1O[C@@H]2C[C@H]3C[C@H](C3(C)C)[C@]2(C)O1. The first-order chi connectivity index (χ1) is 15.9. The van der Waals surface area contributed by atoms with Crippen molar-refractivity contribution in [2.45, 2.75) is 91.0 Å². The molecule has 1 aromatic carbocycles. The topological polar surface area (TPSA) is 84.9 Å². The molecule has 3 saturated carbocycles. The molecule has 186 valence electrons. The summed E-state index contributed by atoms with van der Waals surface area (Å²) in [6.07, 6.45) is 1.88. The number of carbonyl (C=O) groups is 2. The van der Waals surface area contributed by atoms with E-state index in [-0.39, 0.29) is 41.2 Å². The lowest BCUT2D eigenvalue weighted by atomic mass is 9.43. The van der Waals surface area contributed by atoms with Gasteiger partial charge in [-0.3, -0.25) is 9.59 Å². The lowest BCUT2D eigenvalue weighted by molar-refractivity contribution is -0.199. The summed E-state index contributed by atoms with van der Waals surface area (Å²) in [4.78, 5) is 26.1. The lowest BCUT2D eigenvalue weighted by Crippen LogP contribution is -2.65. The maximum atomic E-state index is 13.3. The van der Waals surface area contributed by atoms with Crippen LogP contribution < -0.4 is 5.32 Å². The predicted molar refractivity (Wildman–Crippen MR) is 132 cm³/mol. The number of benzene rings is 1. The van der Waals surface area contributed by atoms with Gasteiger partial charge in [0.15, 0.2) is 5.78 Å². The highest BCUT2D eigenvalue weighted by molar-refractivity contribution is 6.47. The minimum Gasteiger partial charge on any atom is -0.404 e. The number of rotatable bonds is 9. The summed E-state index contributed by atoms with van der Waals surface area (Å²) in [6, 6.07) is 8.90. The summed E-state index contributed by atoms with van der Waals surface area (Å²) in [5.41, 5.74) is 0.437. The Balaban J connectivity index is 1.47. The highest BCUT2D eigenvalue weighted by Gasteiger charge is 2.68. The molecule has 5 rings (SSSR count). The van der Waals surface area contributed by atoms with E-state index in [4.69, 9.17) is 9.31 Å². The zero-order valence-corrected chi connectivity index (χ0v) is 21.4. The van der Waals surface area contributed by atoms with Crippen LogP contribution >= 0.6 is 0 Å². The molecule has 2 N–H and O–H groups in total. The van der Waals surface area contributed by atoms with Gasteiger partial charge in [0.05, 0.1) is 29.7 Å². The summed E-state index contributed by atoms with van der Waals surface area (Å²) in [6.45, 7) is 12.6. The van der Waals surface area contributed by atoms with Crippen molar-refractivity contribution in [1.82, 2.24) is 5.32 Å². The van der Waals surface area contributed by atoms with Crippen molar-refractivity contribution in [3.8, 4) is 0 Å². The van der Waals surface area contributed by atoms with E-state index in [1.807, 2.05) is 6.07 Å². The Morgan fingerprint density at radius 3 is 2.41 bits per heavy atom. The smallest absolute Gasteiger partial charge is 0.404 e. The van der Waals surface area contributed by atoms with Gasteiger partial charge >= 0.3 is 7.12 Å². The Labute approximate surface area is 204 Å². The van der Waals surface area contributed by atoms with Crippen LogP contribution in [0.5, 0.6) is 0 Å². The normalized spacial score (nSPS) is 31.9. The summed E-state index contributed by atoms with van der Waals surface area (Å²) in [5, 5.41) is 13.5. The van der Waals surface area contributed by atoms with Gasteiger partial charge in [0, 0.05) is 12.0 Å². The monoisotopic (exact) mass is 469 g/mol. The summed E-state index contributed by atoms with van der Waals surface area (Å²) in [7, 11) is -0.532. The van der Waals surface area contributed by atoms with E-state index < -0.39 is 19.1 Å². The average Bonchev–Trinajstić information content (AvgIpc) is 3.13. The Hall–Kier alpha value is -1.70. The minimum absolute atomic E-state index is 0.0352. The van der Waals surface area contributed by atoms with E-state index in [0.717, 1.165) is 6.42 Å². The van der Waals surface area contributed by atoms with E-state index in [1.165, 1.54) is 6.42 Å². The number of amides is 1. The van der Waals surface area contributed by atoms with Crippen LogP contribution in [-0.4, -0.2) is 47.7 Å². The molecule has 0 spiro atoms. The van der Waals surface area contributed by atoms with Gasteiger partial charge in [0.25, 0.3) is 0 Å². The maximum Gasteiger partial charge on any atom is 0.481 e. The highest BCUT2D eigenvalue weighted by Crippen LogP contribution is 2.65. The van der Waals surface area contributed by atoms with Crippen molar-refractivity contribution < 1.29 is 24.0 Å². The number of hydrogen-bond acceptors (Lipinski definition) is 5. The summed E-state index contributed by atoms with van der Waals surface area (Å²) < 4.78 is 13.1. The molecule has 4 fully saturated rings. The van der Waals surface area contributed by atoms with E-state index >= 15 is 0 Å². The zero-order valence-electron chi connectivity index (χ0n) is 21.4. The number of ketones is 1. The number of carbonyl (C=O) groups excluding carboxylic acids is 2. The fraction of sp³-hybridized carbons (Fsp3) is 0.704. The molecule has 7 atom stereocenters. The third-order valence-electron chi connectivity index (χ3n) is 8.77. The van der Waals surface area contributed by atoms with Crippen molar-refractivity contribution in [2.24, 2.45) is 29.1 Å². The van der Waals surface area contributed by atoms with Crippen molar-refractivity contribution in [3.05, 3.63) is 35.9 Å². The molecule has 7 heteroatoms. The number of hydrogen-bond donors (Lipinski definition) is 2. The molecule has 1 aromatic rings. The first kappa shape index (κ1) is 25.4. The molecule has 1 aliphatic heterocycles. The van der Waals surface area contributed by atoms with E-state index in [9.17, 15) is 14.7 Å². The average molecular weight is 469 g/mol. The predicted octanol–water partition coefficient (Wildman–Crippen LogP) is 4.05. The molecule has 0 aromatic heterocycles. The molecule has 2 bridgehead atoms. The van der Waals surface area contributed by atoms with Crippen molar-refractivity contribution in [2.75, 3.05) is 0 Å². The quantitative estimate of drug-likeness (QED) is 0.421. The summed E-state index contributed by atoms with van der Waals surface area (Å²) >= 11 is 0. The van der Waals surface area contributed by atoms with Gasteiger partial charge in [-0.05, 0) is 56.3 Å². The van der Waals surface area contributed by atoms with E-state index in [2.05, 4.69) is 39.9 Å². The van der Waals surface area contributed by atoms with Gasteiger partial charge in [-0.1, -0.05) is 58.0 Å². The van der Waals surface area contributed by atoms with Crippen LogP contribution in [0.25, 0.3) is 0 Å². The number of nitrogens with one attached hydrogen (secondary N) is 1. The first-order valence-corrected chi connectivity index (χ1v) is 12.8. The molecule has 4 aliphatic rings. The van der Waals surface area contributed by atoms with Crippen LogP contribution in [0.3, 0.4) is 0 Å². The second-order valence-electron chi connectivity index (χ2n) is 11.9. The third-order valence-corrected chi connectivity index (χ3v) is 8.77. The van der Waals surface area contributed by atoms with Crippen LogP contribution in [0, 0.1) is 29.1 Å². The Kier molecular flexibility index (Phi) is 7.02. The lowest BCUT2D eigenvalue weighted by Gasteiger charge is -2.64.